The van der Waals surface area contributed by atoms with E-state index in [1.807, 2.05) is 0 Å². The minimum Gasteiger partial charge on any atom is -0.355 e. The topological polar surface area (TPSA) is 102 Å². The molecule has 40 heavy (non-hydrogen) atoms. The molecule has 0 saturated carbocycles. The smallest absolute Gasteiger partial charge is 0.355 e. The van der Waals surface area contributed by atoms with Crippen LogP contribution in [0.25, 0.3) is 11.6 Å². The van der Waals surface area contributed by atoms with Gasteiger partial charge in [0, 0.05) is 46.6 Å². The number of nitrogens with zero attached hydrogens (tertiary/aromatic N) is 5. The summed E-state index contributed by atoms with van der Waals surface area (Å²) < 4.78 is 43.0. The van der Waals surface area contributed by atoms with Gasteiger partial charge in [-0.2, -0.15) is 18.3 Å². The fourth-order valence-corrected chi connectivity index (χ4v) is 5.11. The Morgan fingerprint density at radius 2 is 1.80 bits per heavy atom. The molecule has 9 nitrogen and oxygen atoms in total. The van der Waals surface area contributed by atoms with Gasteiger partial charge >= 0.3 is 6.18 Å². The van der Waals surface area contributed by atoms with Crippen LogP contribution in [0, 0.1) is 0 Å². The predicted octanol–water partition coefficient (Wildman–Crippen LogP) is 4.15. The van der Waals surface area contributed by atoms with Crippen molar-refractivity contribution in [2.45, 2.75) is 32.1 Å². The maximum Gasteiger partial charge on any atom is 0.417 e. The van der Waals surface area contributed by atoms with E-state index in [2.05, 4.69) is 26.3 Å². The Kier molecular flexibility index (Phi) is 7.08. The molecule has 0 saturated heterocycles. The van der Waals surface area contributed by atoms with E-state index in [9.17, 15) is 27.6 Å². The lowest BCUT2D eigenvalue weighted by atomic mass is 9.98. The van der Waals surface area contributed by atoms with Crippen LogP contribution in [0.15, 0.2) is 70.2 Å². The van der Waals surface area contributed by atoms with Gasteiger partial charge in [0.15, 0.2) is 0 Å². The number of fused-ring (bicyclic) bond motifs is 1. The average molecular weight is 615 g/mol. The minimum atomic E-state index is -4.64. The fraction of sp³-hybridized carbons (Fsp3) is 0.222. The number of rotatable bonds is 4. The highest BCUT2D eigenvalue weighted by atomic mass is 79.9. The van der Waals surface area contributed by atoms with Crippen molar-refractivity contribution in [1.29, 1.82) is 0 Å². The van der Waals surface area contributed by atoms with Gasteiger partial charge in [-0.1, -0.05) is 15.9 Å². The Hall–Kier alpha value is -4.26. The number of alkyl halides is 3. The lowest BCUT2D eigenvalue weighted by Gasteiger charge is -2.34. The van der Waals surface area contributed by atoms with Gasteiger partial charge in [0.25, 0.3) is 17.4 Å². The maximum absolute atomic E-state index is 13.9. The number of carbonyl (C=O) groups excluding carboxylic acids is 2. The predicted molar refractivity (Wildman–Crippen MR) is 143 cm³/mol. The molecule has 1 aliphatic heterocycles. The number of hydrogen-bond acceptors (Lipinski definition) is 5. The van der Waals surface area contributed by atoms with Crippen LogP contribution in [0.3, 0.4) is 0 Å². The van der Waals surface area contributed by atoms with Gasteiger partial charge in [0.1, 0.15) is 0 Å². The zero-order valence-corrected chi connectivity index (χ0v) is 22.8. The van der Waals surface area contributed by atoms with Crippen LogP contribution in [0.5, 0.6) is 0 Å². The number of carbonyl (C=O) groups is 2. The summed E-state index contributed by atoms with van der Waals surface area (Å²) in [6.45, 7) is 1.65. The van der Waals surface area contributed by atoms with Crippen molar-refractivity contribution in [3.63, 3.8) is 0 Å². The third-order valence-corrected chi connectivity index (χ3v) is 7.39. The molecule has 0 unspecified atom stereocenters. The molecule has 4 aromatic rings. The lowest BCUT2D eigenvalue weighted by molar-refractivity contribution is -0.138. The van der Waals surface area contributed by atoms with E-state index in [4.69, 9.17) is 4.98 Å². The van der Waals surface area contributed by atoms with E-state index in [0.717, 1.165) is 6.07 Å². The zero-order valence-electron chi connectivity index (χ0n) is 21.2. The first-order valence-corrected chi connectivity index (χ1v) is 12.9. The molecule has 206 valence electrons. The van der Waals surface area contributed by atoms with E-state index in [1.165, 1.54) is 39.5 Å². The second-order valence-corrected chi connectivity index (χ2v) is 10.1. The van der Waals surface area contributed by atoms with Crippen LogP contribution in [0.1, 0.15) is 44.5 Å². The average Bonchev–Trinajstić information content (AvgIpc) is 3.47. The molecule has 1 atom stereocenters. The summed E-state index contributed by atoms with van der Waals surface area (Å²) >= 11 is 2.90. The van der Waals surface area contributed by atoms with E-state index >= 15 is 0 Å². The van der Waals surface area contributed by atoms with Crippen molar-refractivity contribution in [2.24, 2.45) is 0 Å². The van der Waals surface area contributed by atoms with Crippen molar-refractivity contribution >= 4 is 27.7 Å². The van der Waals surface area contributed by atoms with Gasteiger partial charge in [-0.3, -0.25) is 14.4 Å². The summed E-state index contributed by atoms with van der Waals surface area (Å²) in [6, 6.07) is 10.9. The molecular weight excluding hydrogens is 593 g/mol. The normalized spacial score (nSPS) is 15.1. The highest BCUT2D eigenvalue weighted by molar-refractivity contribution is 9.10. The number of hydrogen-bond donors (Lipinski definition) is 1. The van der Waals surface area contributed by atoms with Crippen molar-refractivity contribution in [3.05, 3.63) is 104 Å². The molecule has 5 rings (SSSR count). The number of aromatic nitrogens is 4. The number of amides is 2. The Bertz CT molecular complexity index is 1670. The first kappa shape index (κ1) is 27.3. The third-order valence-electron chi connectivity index (χ3n) is 6.70. The Morgan fingerprint density at radius 1 is 1.10 bits per heavy atom. The molecule has 13 heteroatoms. The van der Waals surface area contributed by atoms with E-state index in [-0.39, 0.29) is 40.4 Å². The second-order valence-electron chi connectivity index (χ2n) is 9.23. The molecule has 0 aliphatic carbocycles. The van der Waals surface area contributed by atoms with Crippen LogP contribution in [-0.2, 0) is 19.1 Å². The maximum atomic E-state index is 13.9. The van der Waals surface area contributed by atoms with Gasteiger partial charge in [-0.05, 0) is 61.9 Å². The first-order chi connectivity index (χ1) is 19.0. The fourth-order valence-electron chi connectivity index (χ4n) is 4.64. The summed E-state index contributed by atoms with van der Waals surface area (Å²) in [7, 11) is 1.52. The molecule has 0 bridgehead atoms. The van der Waals surface area contributed by atoms with Gasteiger partial charge in [0.2, 0.25) is 5.95 Å². The van der Waals surface area contributed by atoms with Gasteiger partial charge in [-0.25, -0.2) is 14.2 Å². The Balaban J connectivity index is 1.57. The molecule has 2 amide bonds. The summed E-state index contributed by atoms with van der Waals surface area (Å²) in [5.74, 6) is -0.722. The quantitative estimate of drug-likeness (QED) is 0.372. The highest BCUT2D eigenvalue weighted by Gasteiger charge is 2.36. The van der Waals surface area contributed by atoms with Crippen molar-refractivity contribution < 1.29 is 22.8 Å². The lowest BCUT2D eigenvalue weighted by Crippen LogP contribution is -2.46. The van der Waals surface area contributed by atoms with Gasteiger partial charge < -0.3 is 10.2 Å². The summed E-state index contributed by atoms with van der Waals surface area (Å²) in [5.41, 5.74) is 0.137. The summed E-state index contributed by atoms with van der Waals surface area (Å²) in [5, 5.41) is 6.76. The van der Waals surface area contributed by atoms with Crippen molar-refractivity contribution in [1.82, 2.24) is 29.5 Å². The molecule has 2 aromatic carbocycles. The molecular formula is C27H22BrF3N6O3. The first-order valence-electron chi connectivity index (χ1n) is 12.1. The number of halogens is 4. The molecule has 0 radical (unpaired) electrons. The number of nitrogens with one attached hydrogen (secondary N) is 1. The minimum absolute atomic E-state index is 0.0767. The third kappa shape index (κ3) is 4.92. The van der Waals surface area contributed by atoms with Gasteiger partial charge in [0.05, 0.1) is 23.5 Å². The van der Waals surface area contributed by atoms with E-state index in [1.54, 1.807) is 43.5 Å². The molecule has 0 spiro atoms. The molecule has 3 heterocycles. The van der Waals surface area contributed by atoms with Crippen LogP contribution in [-0.4, -0.2) is 49.1 Å². The van der Waals surface area contributed by atoms with Crippen LogP contribution in [0.4, 0.5) is 13.2 Å². The monoisotopic (exact) mass is 614 g/mol. The molecule has 2 aromatic heterocycles. The largest absolute Gasteiger partial charge is 0.417 e. The number of benzene rings is 2. The standard InChI is InChI=1S/C27H22BrF3N6O3/c1-15-12-19-22(14-35(15)24(39)17-6-9-21(28)20(13-17)27(29,30)31)34-26(36-11-3-10-33-36)37(25(19)40)18-7-4-16(5-8-18)23(38)32-2/h3-11,13,15H,12,14H2,1-2H3,(H,32,38)/t15-/m1/s1. The van der Waals surface area contributed by atoms with Crippen molar-refractivity contribution in [3.8, 4) is 11.6 Å². The van der Waals surface area contributed by atoms with Crippen LogP contribution < -0.4 is 10.9 Å². The molecule has 1 N–H and O–H groups in total. The Labute approximate surface area is 234 Å². The Morgan fingerprint density at radius 3 is 2.42 bits per heavy atom. The SMILES string of the molecule is CNC(=O)c1ccc(-n2c(-n3cccn3)nc3c(c2=O)C[C@@H](C)N(C(=O)c2ccc(Br)c(C(F)(F)F)c2)C3)cc1. The van der Waals surface area contributed by atoms with Crippen molar-refractivity contribution in [2.75, 3.05) is 7.05 Å². The second kappa shape index (κ2) is 10.4. The van der Waals surface area contributed by atoms with Gasteiger partial charge in [-0.15, -0.1) is 0 Å². The van der Waals surface area contributed by atoms with E-state index in [0.29, 0.717) is 22.5 Å². The summed E-state index contributed by atoms with van der Waals surface area (Å²) in [6.07, 6.45) is -1.36. The van der Waals surface area contributed by atoms with E-state index < -0.39 is 23.7 Å². The molecule has 1 aliphatic rings. The summed E-state index contributed by atoms with van der Waals surface area (Å²) in [4.78, 5) is 45.3. The van der Waals surface area contributed by atoms with Crippen LogP contribution >= 0.6 is 15.9 Å². The van der Waals surface area contributed by atoms with Crippen LogP contribution in [0.2, 0.25) is 0 Å². The zero-order chi connectivity index (χ0) is 28.8. The highest BCUT2D eigenvalue weighted by Crippen LogP contribution is 2.36. The molecule has 0 fully saturated rings.